The van der Waals surface area contributed by atoms with E-state index in [1.54, 1.807) is 35.7 Å². The fourth-order valence-electron chi connectivity index (χ4n) is 1.50. The van der Waals surface area contributed by atoms with E-state index in [0.29, 0.717) is 11.4 Å². The molecule has 0 atom stereocenters. The van der Waals surface area contributed by atoms with Gasteiger partial charge in [0.2, 0.25) is 5.91 Å². The fraction of sp³-hybridized carbons (Fsp3) is 0.0833. The summed E-state index contributed by atoms with van der Waals surface area (Å²) in [5, 5.41) is 4.16. The maximum absolute atomic E-state index is 11.9. The van der Waals surface area contributed by atoms with Gasteiger partial charge in [-0.15, -0.1) is 11.3 Å². The minimum atomic E-state index is -3.57. The summed E-state index contributed by atoms with van der Waals surface area (Å²) in [4.78, 5) is 11.7. The highest BCUT2D eigenvalue weighted by Gasteiger charge is 2.20. The Labute approximate surface area is 115 Å². The summed E-state index contributed by atoms with van der Waals surface area (Å²) < 4.78 is 24.0. The Morgan fingerprint density at radius 2 is 2.05 bits per heavy atom. The number of thiophene rings is 1. The Morgan fingerprint density at radius 3 is 2.68 bits per heavy atom. The van der Waals surface area contributed by atoms with Crippen LogP contribution in [0.25, 0.3) is 0 Å². The monoisotopic (exact) mass is 296 g/mol. The molecule has 0 saturated heterocycles. The van der Waals surface area contributed by atoms with E-state index in [0.717, 1.165) is 11.3 Å². The number of carbonyl (C=O) groups is 1. The predicted octanol–water partition coefficient (Wildman–Crippen LogP) is 1.74. The lowest BCUT2D eigenvalue weighted by Gasteiger charge is -2.05. The second kappa shape index (κ2) is 5.41. The van der Waals surface area contributed by atoms with Gasteiger partial charge >= 0.3 is 0 Å². The van der Waals surface area contributed by atoms with Crippen molar-refractivity contribution in [1.82, 2.24) is 0 Å². The zero-order valence-electron chi connectivity index (χ0n) is 9.87. The molecule has 1 aromatic heterocycles. The standard InChI is InChI=1S/C12H12N2O3S2/c13-9-3-1-4-10(7-9)14-11(15)8-19(16,17)12-5-2-6-18-12/h1-7H,8,13H2,(H,14,15). The van der Waals surface area contributed by atoms with Gasteiger partial charge in [0.15, 0.2) is 9.84 Å². The van der Waals surface area contributed by atoms with Crippen LogP contribution in [-0.2, 0) is 14.6 Å². The van der Waals surface area contributed by atoms with E-state index in [-0.39, 0.29) is 4.21 Å². The molecule has 0 aliphatic carbocycles. The van der Waals surface area contributed by atoms with Crippen LogP contribution < -0.4 is 11.1 Å². The van der Waals surface area contributed by atoms with E-state index < -0.39 is 21.5 Å². The SMILES string of the molecule is Nc1cccc(NC(=O)CS(=O)(=O)c2cccs2)c1. The molecule has 0 aliphatic rings. The Balaban J connectivity index is 2.06. The lowest BCUT2D eigenvalue weighted by atomic mass is 10.3. The molecule has 0 radical (unpaired) electrons. The molecule has 5 nitrogen and oxygen atoms in total. The Bertz CT molecular complexity index is 679. The number of hydrogen-bond donors (Lipinski definition) is 2. The first kappa shape index (κ1) is 13.6. The van der Waals surface area contributed by atoms with Gasteiger partial charge in [0.1, 0.15) is 9.96 Å². The zero-order chi connectivity index (χ0) is 13.9. The van der Waals surface area contributed by atoms with E-state index >= 15 is 0 Å². The summed E-state index contributed by atoms with van der Waals surface area (Å²) in [7, 11) is -3.57. The number of nitrogens with one attached hydrogen (secondary N) is 1. The highest BCUT2D eigenvalue weighted by atomic mass is 32.2. The Kier molecular flexibility index (Phi) is 3.87. The van der Waals surface area contributed by atoms with E-state index in [1.807, 2.05) is 0 Å². The molecular formula is C12H12N2O3S2. The van der Waals surface area contributed by atoms with E-state index in [4.69, 9.17) is 5.73 Å². The van der Waals surface area contributed by atoms with Gasteiger partial charge in [-0.05, 0) is 29.6 Å². The fourth-order valence-corrected chi connectivity index (χ4v) is 3.72. The van der Waals surface area contributed by atoms with Crippen LogP contribution in [0.4, 0.5) is 11.4 Å². The predicted molar refractivity (Wildman–Crippen MR) is 75.9 cm³/mol. The highest BCUT2D eigenvalue weighted by molar-refractivity contribution is 7.94. The summed E-state index contributed by atoms with van der Waals surface area (Å²) in [6.45, 7) is 0. The van der Waals surface area contributed by atoms with E-state index in [9.17, 15) is 13.2 Å². The number of benzene rings is 1. The van der Waals surface area contributed by atoms with Gasteiger partial charge < -0.3 is 11.1 Å². The van der Waals surface area contributed by atoms with Crippen molar-refractivity contribution >= 4 is 38.5 Å². The molecular weight excluding hydrogens is 284 g/mol. The molecule has 1 aromatic carbocycles. The van der Waals surface area contributed by atoms with Crippen molar-refractivity contribution in [2.24, 2.45) is 0 Å². The number of carbonyl (C=O) groups excluding carboxylic acids is 1. The molecule has 2 rings (SSSR count). The minimum Gasteiger partial charge on any atom is -0.399 e. The van der Waals surface area contributed by atoms with Crippen LogP contribution in [0.2, 0.25) is 0 Å². The molecule has 0 unspecified atom stereocenters. The molecule has 7 heteroatoms. The molecule has 0 aliphatic heterocycles. The van der Waals surface area contributed by atoms with Crippen LogP contribution in [0.15, 0.2) is 46.0 Å². The van der Waals surface area contributed by atoms with Gasteiger partial charge in [0.05, 0.1) is 0 Å². The first-order valence-corrected chi connectivity index (χ1v) is 7.92. The second-order valence-electron chi connectivity index (χ2n) is 3.86. The summed E-state index contributed by atoms with van der Waals surface area (Å²) in [5.41, 5.74) is 6.55. The average molecular weight is 296 g/mol. The maximum atomic E-state index is 11.9. The maximum Gasteiger partial charge on any atom is 0.239 e. The van der Waals surface area contributed by atoms with E-state index in [2.05, 4.69) is 5.32 Å². The largest absolute Gasteiger partial charge is 0.399 e. The van der Waals surface area contributed by atoms with Crippen molar-refractivity contribution in [1.29, 1.82) is 0 Å². The van der Waals surface area contributed by atoms with Crippen LogP contribution in [-0.4, -0.2) is 20.1 Å². The third kappa shape index (κ3) is 3.55. The van der Waals surface area contributed by atoms with Crippen molar-refractivity contribution in [3.8, 4) is 0 Å². The average Bonchev–Trinajstić information content (AvgIpc) is 2.81. The van der Waals surface area contributed by atoms with Crippen molar-refractivity contribution in [3.63, 3.8) is 0 Å². The molecule has 0 fully saturated rings. The number of nitrogen functional groups attached to an aromatic ring is 1. The molecule has 0 bridgehead atoms. The van der Waals surface area contributed by atoms with Crippen LogP contribution in [0.1, 0.15) is 0 Å². The van der Waals surface area contributed by atoms with Crippen molar-refractivity contribution in [2.45, 2.75) is 4.21 Å². The number of nitrogens with two attached hydrogens (primary N) is 1. The molecule has 100 valence electrons. The van der Waals surface area contributed by atoms with Gasteiger partial charge in [-0.1, -0.05) is 12.1 Å². The van der Waals surface area contributed by atoms with Crippen LogP contribution in [0, 0.1) is 0 Å². The quantitative estimate of drug-likeness (QED) is 0.841. The van der Waals surface area contributed by atoms with Gasteiger partial charge in [-0.25, -0.2) is 8.42 Å². The number of anilines is 2. The first-order valence-electron chi connectivity index (χ1n) is 5.39. The van der Waals surface area contributed by atoms with Crippen molar-refractivity contribution in [3.05, 3.63) is 41.8 Å². The highest BCUT2D eigenvalue weighted by Crippen LogP contribution is 2.18. The Morgan fingerprint density at radius 1 is 1.26 bits per heavy atom. The molecule has 0 spiro atoms. The van der Waals surface area contributed by atoms with Crippen LogP contribution in [0.5, 0.6) is 0 Å². The van der Waals surface area contributed by atoms with Gasteiger partial charge in [0.25, 0.3) is 0 Å². The van der Waals surface area contributed by atoms with Gasteiger partial charge in [0, 0.05) is 11.4 Å². The number of hydrogen-bond acceptors (Lipinski definition) is 5. The molecule has 3 N–H and O–H groups in total. The Hall–Kier alpha value is -1.86. The topological polar surface area (TPSA) is 89.3 Å². The lowest BCUT2D eigenvalue weighted by molar-refractivity contribution is -0.113. The van der Waals surface area contributed by atoms with Crippen LogP contribution >= 0.6 is 11.3 Å². The summed E-state index contributed by atoms with van der Waals surface area (Å²) in [5.74, 6) is -1.17. The normalized spacial score (nSPS) is 11.2. The number of rotatable bonds is 4. The van der Waals surface area contributed by atoms with Crippen LogP contribution in [0.3, 0.4) is 0 Å². The smallest absolute Gasteiger partial charge is 0.239 e. The molecule has 2 aromatic rings. The minimum absolute atomic E-state index is 0.190. The first-order chi connectivity index (χ1) is 8.97. The van der Waals surface area contributed by atoms with Gasteiger partial charge in [-0.3, -0.25) is 4.79 Å². The molecule has 0 saturated carbocycles. The summed E-state index contributed by atoms with van der Waals surface area (Å²) in [6.07, 6.45) is 0. The number of sulfone groups is 1. The summed E-state index contributed by atoms with van der Waals surface area (Å²) >= 11 is 1.09. The summed E-state index contributed by atoms with van der Waals surface area (Å²) in [6, 6.07) is 9.68. The van der Waals surface area contributed by atoms with Crippen molar-refractivity contribution < 1.29 is 13.2 Å². The number of amides is 1. The molecule has 1 amide bonds. The third-order valence-corrected chi connectivity index (χ3v) is 5.40. The van der Waals surface area contributed by atoms with Gasteiger partial charge in [-0.2, -0.15) is 0 Å². The molecule has 1 heterocycles. The zero-order valence-corrected chi connectivity index (χ0v) is 11.5. The van der Waals surface area contributed by atoms with E-state index in [1.165, 1.54) is 6.07 Å². The second-order valence-corrected chi connectivity index (χ2v) is 7.03. The molecule has 19 heavy (non-hydrogen) atoms. The lowest BCUT2D eigenvalue weighted by Crippen LogP contribution is -2.22. The van der Waals surface area contributed by atoms with Crippen molar-refractivity contribution in [2.75, 3.05) is 16.8 Å². The third-order valence-electron chi connectivity index (χ3n) is 2.29.